The Morgan fingerprint density at radius 1 is 1.12 bits per heavy atom. The molecule has 6 heteroatoms. The molecule has 1 fully saturated rings. The molecule has 1 amide bonds. The van der Waals surface area contributed by atoms with Gasteiger partial charge >= 0.3 is 5.97 Å². The molecule has 2 aromatic carbocycles. The zero-order valence-electron chi connectivity index (χ0n) is 14.8. The van der Waals surface area contributed by atoms with E-state index in [1.807, 2.05) is 48.3 Å². The highest BCUT2D eigenvalue weighted by Gasteiger charge is 2.28. The molecule has 1 heterocycles. The number of carbonyl (C=O) groups excluding carboxylic acids is 1. The molecule has 0 spiro atoms. The molecule has 2 aromatic rings. The lowest BCUT2D eigenvalue weighted by molar-refractivity contribution is -0.125. The van der Waals surface area contributed by atoms with Crippen molar-refractivity contribution in [3.8, 4) is 11.1 Å². The zero-order valence-corrected chi connectivity index (χ0v) is 14.8. The number of nitrogens with zero attached hydrogens (tertiary/aromatic N) is 2. The van der Waals surface area contributed by atoms with Crippen molar-refractivity contribution in [1.29, 1.82) is 0 Å². The number of benzene rings is 2. The molecular formula is C20H23N3O3. The Balaban J connectivity index is 1.73. The van der Waals surface area contributed by atoms with E-state index in [2.05, 4.69) is 4.90 Å². The van der Waals surface area contributed by atoms with Crippen LogP contribution in [0.25, 0.3) is 11.1 Å². The summed E-state index contributed by atoms with van der Waals surface area (Å²) < 4.78 is 0. The van der Waals surface area contributed by atoms with Crippen LogP contribution >= 0.6 is 0 Å². The SMILES string of the molecule is CN1CCN(Cc2ccc(-c3ccccc3C(=O)O)cc2)CC1C(N)=O. The summed E-state index contributed by atoms with van der Waals surface area (Å²) in [5.41, 5.74) is 8.48. The number of carboxylic acids is 1. The van der Waals surface area contributed by atoms with Crippen molar-refractivity contribution >= 4 is 11.9 Å². The number of carbonyl (C=O) groups is 2. The number of hydrogen-bond acceptors (Lipinski definition) is 4. The van der Waals surface area contributed by atoms with Gasteiger partial charge in [-0.25, -0.2) is 4.79 Å². The maximum absolute atomic E-state index is 11.6. The van der Waals surface area contributed by atoms with Crippen LogP contribution in [0.4, 0.5) is 0 Å². The van der Waals surface area contributed by atoms with Gasteiger partial charge in [-0.05, 0) is 29.8 Å². The van der Waals surface area contributed by atoms with Crippen molar-refractivity contribution in [3.05, 3.63) is 59.7 Å². The monoisotopic (exact) mass is 353 g/mol. The highest BCUT2D eigenvalue weighted by Crippen LogP contribution is 2.24. The van der Waals surface area contributed by atoms with Crippen LogP contribution in [0.5, 0.6) is 0 Å². The molecule has 0 aliphatic carbocycles. The molecule has 3 rings (SSSR count). The van der Waals surface area contributed by atoms with Gasteiger partial charge in [-0.2, -0.15) is 0 Å². The third-order valence-electron chi connectivity index (χ3n) is 4.89. The Morgan fingerprint density at radius 3 is 2.46 bits per heavy atom. The summed E-state index contributed by atoms with van der Waals surface area (Å²) in [4.78, 5) is 27.2. The zero-order chi connectivity index (χ0) is 18.7. The van der Waals surface area contributed by atoms with E-state index in [9.17, 15) is 14.7 Å². The molecular weight excluding hydrogens is 330 g/mol. The van der Waals surface area contributed by atoms with Crippen LogP contribution < -0.4 is 5.73 Å². The van der Waals surface area contributed by atoms with E-state index in [-0.39, 0.29) is 11.9 Å². The number of rotatable bonds is 5. The fourth-order valence-electron chi connectivity index (χ4n) is 3.35. The van der Waals surface area contributed by atoms with E-state index in [1.165, 1.54) is 0 Å². The standard InChI is InChI=1S/C20H23N3O3/c1-22-10-11-23(13-18(22)19(21)24)12-14-6-8-15(9-7-14)16-4-2-3-5-17(16)20(25)26/h2-9,18H,10-13H2,1H3,(H2,21,24)(H,25,26). The molecule has 1 atom stereocenters. The lowest BCUT2D eigenvalue weighted by Crippen LogP contribution is -2.56. The summed E-state index contributed by atoms with van der Waals surface area (Å²) >= 11 is 0. The van der Waals surface area contributed by atoms with Crippen LogP contribution in [0.1, 0.15) is 15.9 Å². The third-order valence-corrected chi connectivity index (χ3v) is 4.89. The van der Waals surface area contributed by atoms with Crippen molar-refractivity contribution in [2.75, 3.05) is 26.7 Å². The Morgan fingerprint density at radius 2 is 1.81 bits per heavy atom. The van der Waals surface area contributed by atoms with Gasteiger partial charge in [0.15, 0.2) is 0 Å². The fraction of sp³-hybridized carbons (Fsp3) is 0.300. The van der Waals surface area contributed by atoms with Gasteiger partial charge in [-0.15, -0.1) is 0 Å². The fourth-order valence-corrected chi connectivity index (χ4v) is 3.35. The number of nitrogens with two attached hydrogens (primary N) is 1. The number of carboxylic acid groups (broad SMARTS) is 1. The smallest absolute Gasteiger partial charge is 0.336 e. The largest absolute Gasteiger partial charge is 0.478 e. The average Bonchev–Trinajstić information content (AvgIpc) is 2.63. The first-order valence-electron chi connectivity index (χ1n) is 8.59. The maximum atomic E-state index is 11.6. The summed E-state index contributed by atoms with van der Waals surface area (Å²) in [5, 5.41) is 9.34. The minimum Gasteiger partial charge on any atom is -0.478 e. The number of piperazine rings is 1. The molecule has 1 unspecified atom stereocenters. The van der Waals surface area contributed by atoms with Crippen molar-refractivity contribution in [3.63, 3.8) is 0 Å². The first kappa shape index (κ1) is 18.1. The number of aromatic carboxylic acids is 1. The predicted molar refractivity (Wildman–Crippen MR) is 99.7 cm³/mol. The van der Waals surface area contributed by atoms with Crippen LogP contribution in [0.15, 0.2) is 48.5 Å². The number of primary amides is 1. The van der Waals surface area contributed by atoms with E-state index in [0.717, 1.165) is 30.8 Å². The minimum atomic E-state index is -0.931. The van der Waals surface area contributed by atoms with E-state index in [4.69, 9.17) is 5.73 Å². The van der Waals surface area contributed by atoms with Crippen molar-refractivity contribution in [2.24, 2.45) is 5.73 Å². The molecule has 136 valence electrons. The Labute approximate surface area is 152 Å². The molecule has 1 aliphatic heterocycles. The predicted octanol–water partition coefficient (Wildman–Crippen LogP) is 1.65. The van der Waals surface area contributed by atoms with Gasteiger partial charge in [0.1, 0.15) is 6.04 Å². The first-order chi connectivity index (χ1) is 12.5. The van der Waals surface area contributed by atoms with E-state index < -0.39 is 5.97 Å². The molecule has 3 N–H and O–H groups in total. The van der Waals surface area contributed by atoms with Gasteiger partial charge in [0.25, 0.3) is 0 Å². The molecule has 0 saturated carbocycles. The summed E-state index contributed by atoms with van der Waals surface area (Å²) in [6.07, 6.45) is 0. The van der Waals surface area contributed by atoms with E-state index in [1.54, 1.807) is 12.1 Å². The number of hydrogen-bond donors (Lipinski definition) is 2. The molecule has 6 nitrogen and oxygen atoms in total. The van der Waals surface area contributed by atoms with E-state index in [0.29, 0.717) is 17.7 Å². The van der Waals surface area contributed by atoms with Crippen LogP contribution in [0.3, 0.4) is 0 Å². The maximum Gasteiger partial charge on any atom is 0.336 e. The normalized spacial score (nSPS) is 18.6. The second-order valence-corrected chi connectivity index (χ2v) is 6.68. The second-order valence-electron chi connectivity index (χ2n) is 6.68. The van der Waals surface area contributed by atoms with Crippen molar-refractivity contribution in [2.45, 2.75) is 12.6 Å². The highest BCUT2D eigenvalue weighted by molar-refractivity contribution is 5.95. The van der Waals surface area contributed by atoms with Gasteiger partial charge in [0, 0.05) is 26.2 Å². The molecule has 0 radical (unpaired) electrons. The first-order valence-corrected chi connectivity index (χ1v) is 8.59. The quantitative estimate of drug-likeness (QED) is 0.854. The molecule has 26 heavy (non-hydrogen) atoms. The minimum absolute atomic E-state index is 0.259. The van der Waals surface area contributed by atoms with Crippen LogP contribution in [-0.2, 0) is 11.3 Å². The van der Waals surface area contributed by atoms with Crippen molar-refractivity contribution in [1.82, 2.24) is 9.80 Å². The lowest BCUT2D eigenvalue weighted by Gasteiger charge is -2.37. The van der Waals surface area contributed by atoms with Crippen LogP contribution in [0, 0.1) is 0 Å². The Kier molecular flexibility index (Phi) is 5.35. The molecule has 0 bridgehead atoms. The highest BCUT2D eigenvalue weighted by atomic mass is 16.4. The lowest BCUT2D eigenvalue weighted by atomic mass is 9.98. The van der Waals surface area contributed by atoms with E-state index >= 15 is 0 Å². The summed E-state index contributed by atoms with van der Waals surface area (Å²) in [7, 11) is 1.92. The van der Waals surface area contributed by atoms with Crippen LogP contribution in [0.2, 0.25) is 0 Å². The van der Waals surface area contributed by atoms with Crippen LogP contribution in [-0.4, -0.2) is 59.5 Å². The number of likely N-dealkylation sites (N-methyl/N-ethyl adjacent to an activating group) is 1. The summed E-state index contributed by atoms with van der Waals surface area (Å²) in [6, 6.07) is 14.6. The topological polar surface area (TPSA) is 86.9 Å². The van der Waals surface area contributed by atoms with Gasteiger partial charge in [-0.1, -0.05) is 42.5 Å². The Bertz CT molecular complexity index is 804. The van der Waals surface area contributed by atoms with Gasteiger partial charge in [-0.3, -0.25) is 14.6 Å². The Hall–Kier alpha value is -2.70. The van der Waals surface area contributed by atoms with Crippen molar-refractivity contribution < 1.29 is 14.7 Å². The summed E-state index contributed by atoms with van der Waals surface area (Å²) in [5.74, 6) is -1.22. The summed E-state index contributed by atoms with van der Waals surface area (Å²) in [6.45, 7) is 3.04. The van der Waals surface area contributed by atoms with Gasteiger partial charge < -0.3 is 10.8 Å². The molecule has 1 saturated heterocycles. The van der Waals surface area contributed by atoms with Gasteiger partial charge in [0.2, 0.25) is 5.91 Å². The average molecular weight is 353 g/mol. The third kappa shape index (κ3) is 3.92. The van der Waals surface area contributed by atoms with Gasteiger partial charge in [0.05, 0.1) is 5.56 Å². The molecule has 1 aliphatic rings. The second kappa shape index (κ2) is 7.68. The number of amides is 1. The molecule has 0 aromatic heterocycles.